The van der Waals surface area contributed by atoms with Crippen molar-refractivity contribution in [2.24, 2.45) is 4.99 Å². The van der Waals surface area contributed by atoms with E-state index >= 15 is 0 Å². The molecule has 0 unspecified atom stereocenters. The van der Waals surface area contributed by atoms with Crippen molar-refractivity contribution in [2.75, 3.05) is 46.9 Å². The first-order valence-corrected chi connectivity index (χ1v) is 12.0. The number of amidine groups is 1. The Labute approximate surface area is 198 Å². The molecular weight excluding hydrogens is 462 g/mol. The van der Waals surface area contributed by atoms with E-state index in [1.165, 1.54) is 30.1 Å². The molecule has 0 spiro atoms. The van der Waals surface area contributed by atoms with E-state index in [4.69, 9.17) is 4.74 Å². The Morgan fingerprint density at radius 3 is 2.53 bits per heavy atom. The number of ether oxygens (including phenoxy) is 1. The predicted molar refractivity (Wildman–Crippen MR) is 126 cm³/mol. The standard InChI is InChI=1S/C22H27N5O6S/c1-25(15-17-7-9-18(10-8-17)22-23-11-12-24-22)21(28)16-33-14-13-26(2)34(31,32)20-6-4-3-5-19(20)27(29)30/h3-10H,11-16H2,1-2H3,(H,23,24). The number of carbonyl (C=O) groups excluding carboxylic acids is 1. The Bertz CT molecular complexity index is 1170. The number of likely N-dealkylation sites (N-methyl/N-ethyl adjacent to an activating group) is 2. The van der Waals surface area contributed by atoms with Crippen molar-refractivity contribution < 1.29 is 22.9 Å². The van der Waals surface area contributed by atoms with E-state index in [-0.39, 0.29) is 30.6 Å². The number of para-hydroxylation sites is 1. The van der Waals surface area contributed by atoms with Crippen molar-refractivity contribution in [3.05, 3.63) is 69.8 Å². The Morgan fingerprint density at radius 2 is 1.88 bits per heavy atom. The van der Waals surface area contributed by atoms with Crippen LogP contribution in [0, 0.1) is 10.1 Å². The second-order valence-corrected chi connectivity index (χ2v) is 9.72. The number of aliphatic imine (C=N–C) groups is 1. The number of hydrogen-bond acceptors (Lipinski definition) is 8. The smallest absolute Gasteiger partial charge is 0.289 e. The highest BCUT2D eigenvalue weighted by atomic mass is 32.2. The SMILES string of the molecule is CN(Cc1ccc(C2=NCCN2)cc1)C(=O)COCCN(C)S(=O)(=O)c1ccccc1[N+](=O)[O-]. The van der Waals surface area contributed by atoms with E-state index in [0.717, 1.165) is 40.4 Å². The fraction of sp³-hybridized carbons (Fsp3) is 0.364. The first-order valence-electron chi connectivity index (χ1n) is 10.6. The average molecular weight is 490 g/mol. The van der Waals surface area contributed by atoms with Gasteiger partial charge < -0.3 is 15.0 Å². The summed E-state index contributed by atoms with van der Waals surface area (Å²) in [7, 11) is -1.11. The molecule has 11 nitrogen and oxygen atoms in total. The third-order valence-electron chi connectivity index (χ3n) is 5.27. The van der Waals surface area contributed by atoms with Gasteiger partial charge in [-0.1, -0.05) is 36.4 Å². The number of benzene rings is 2. The Hall–Kier alpha value is -3.35. The van der Waals surface area contributed by atoms with Crippen molar-refractivity contribution >= 4 is 27.5 Å². The zero-order chi connectivity index (χ0) is 24.7. The minimum Gasteiger partial charge on any atom is -0.370 e. The number of nitrogens with one attached hydrogen (secondary N) is 1. The molecule has 0 radical (unpaired) electrons. The fourth-order valence-electron chi connectivity index (χ4n) is 3.30. The second kappa shape index (κ2) is 11.2. The van der Waals surface area contributed by atoms with Crippen molar-refractivity contribution in [2.45, 2.75) is 11.4 Å². The van der Waals surface area contributed by atoms with Crippen LogP contribution in [-0.2, 0) is 26.1 Å². The monoisotopic (exact) mass is 489 g/mol. The number of amides is 1. The molecule has 3 rings (SSSR count). The van der Waals surface area contributed by atoms with Gasteiger partial charge in [0.1, 0.15) is 12.4 Å². The van der Waals surface area contributed by atoms with Gasteiger partial charge in [0.2, 0.25) is 15.9 Å². The van der Waals surface area contributed by atoms with Gasteiger partial charge in [-0.15, -0.1) is 0 Å². The van der Waals surface area contributed by atoms with Gasteiger partial charge in [0, 0.05) is 45.4 Å². The first kappa shape index (κ1) is 25.3. The highest BCUT2D eigenvalue weighted by molar-refractivity contribution is 7.89. The summed E-state index contributed by atoms with van der Waals surface area (Å²) in [6.45, 7) is 1.68. The summed E-state index contributed by atoms with van der Waals surface area (Å²) in [5.41, 5.74) is 1.46. The molecule has 34 heavy (non-hydrogen) atoms. The third-order valence-corrected chi connectivity index (χ3v) is 7.18. The highest BCUT2D eigenvalue weighted by Gasteiger charge is 2.28. The van der Waals surface area contributed by atoms with Crippen molar-refractivity contribution in [3.63, 3.8) is 0 Å². The molecule has 182 valence electrons. The molecule has 1 heterocycles. The van der Waals surface area contributed by atoms with Crippen LogP contribution < -0.4 is 5.32 Å². The number of rotatable bonds is 11. The van der Waals surface area contributed by atoms with Crippen molar-refractivity contribution in [1.29, 1.82) is 0 Å². The van der Waals surface area contributed by atoms with E-state index < -0.39 is 20.6 Å². The largest absolute Gasteiger partial charge is 0.370 e. The van der Waals surface area contributed by atoms with Crippen LogP contribution in [0.3, 0.4) is 0 Å². The summed E-state index contributed by atoms with van der Waals surface area (Å²) in [6, 6.07) is 12.9. The van der Waals surface area contributed by atoms with Crippen LogP contribution in [0.5, 0.6) is 0 Å². The molecule has 0 bridgehead atoms. The van der Waals surface area contributed by atoms with Crippen molar-refractivity contribution in [3.8, 4) is 0 Å². The normalized spacial score (nSPS) is 13.4. The summed E-state index contributed by atoms with van der Waals surface area (Å²) in [5.74, 6) is 0.619. The van der Waals surface area contributed by atoms with Crippen molar-refractivity contribution in [1.82, 2.24) is 14.5 Å². The van der Waals surface area contributed by atoms with Gasteiger partial charge in [0.15, 0.2) is 4.90 Å². The average Bonchev–Trinajstić information content (AvgIpc) is 3.37. The van der Waals surface area contributed by atoms with Crippen LogP contribution in [0.25, 0.3) is 0 Å². The van der Waals surface area contributed by atoms with Crippen LogP contribution in [0.4, 0.5) is 5.69 Å². The molecule has 0 aromatic heterocycles. The summed E-state index contributed by atoms with van der Waals surface area (Å²) in [4.78, 5) is 28.3. The highest BCUT2D eigenvalue weighted by Crippen LogP contribution is 2.25. The predicted octanol–water partition coefficient (Wildman–Crippen LogP) is 1.24. The van der Waals surface area contributed by atoms with E-state index in [2.05, 4.69) is 10.3 Å². The molecule has 1 aliphatic rings. The van der Waals surface area contributed by atoms with Crippen LogP contribution in [0.1, 0.15) is 11.1 Å². The molecule has 0 atom stereocenters. The summed E-state index contributed by atoms with van der Waals surface area (Å²) >= 11 is 0. The zero-order valence-corrected chi connectivity index (χ0v) is 19.8. The summed E-state index contributed by atoms with van der Waals surface area (Å²) in [6.07, 6.45) is 0. The van der Waals surface area contributed by atoms with Gasteiger partial charge in [0.25, 0.3) is 5.69 Å². The molecule has 1 N–H and O–H groups in total. The first-order chi connectivity index (χ1) is 16.2. The molecule has 0 saturated heterocycles. The molecule has 2 aromatic carbocycles. The molecule has 0 aliphatic carbocycles. The molecule has 0 fully saturated rings. The molecule has 1 amide bonds. The number of nitro benzene ring substituents is 1. The fourth-order valence-corrected chi connectivity index (χ4v) is 4.61. The van der Waals surface area contributed by atoms with Gasteiger partial charge >= 0.3 is 0 Å². The maximum absolute atomic E-state index is 12.7. The molecule has 2 aromatic rings. The van der Waals surface area contributed by atoms with Crippen LogP contribution in [-0.4, -0.2) is 81.2 Å². The number of nitro groups is 1. The molecule has 12 heteroatoms. The summed E-state index contributed by atoms with van der Waals surface area (Å²) in [5, 5.41) is 14.4. The number of hydrogen-bond donors (Lipinski definition) is 1. The van der Waals surface area contributed by atoms with Gasteiger partial charge in [-0.05, 0) is 11.6 Å². The van der Waals surface area contributed by atoms with Crippen LogP contribution in [0.15, 0.2) is 58.4 Å². The molecular formula is C22H27N5O6S. The van der Waals surface area contributed by atoms with E-state index in [9.17, 15) is 23.3 Å². The second-order valence-electron chi connectivity index (χ2n) is 7.71. The maximum Gasteiger partial charge on any atom is 0.289 e. The lowest BCUT2D eigenvalue weighted by Crippen LogP contribution is -2.33. The number of carbonyl (C=O) groups is 1. The topological polar surface area (TPSA) is 134 Å². The Morgan fingerprint density at radius 1 is 1.18 bits per heavy atom. The quantitative estimate of drug-likeness (QED) is 0.285. The lowest BCUT2D eigenvalue weighted by atomic mass is 10.1. The van der Waals surface area contributed by atoms with Gasteiger partial charge in [-0.2, -0.15) is 4.31 Å². The molecule has 0 saturated carbocycles. The van der Waals surface area contributed by atoms with Gasteiger partial charge in [-0.25, -0.2) is 8.42 Å². The Balaban J connectivity index is 1.46. The zero-order valence-electron chi connectivity index (χ0n) is 19.0. The number of nitrogens with zero attached hydrogens (tertiary/aromatic N) is 4. The van der Waals surface area contributed by atoms with Gasteiger partial charge in [-0.3, -0.25) is 19.9 Å². The van der Waals surface area contributed by atoms with E-state index in [1.807, 2.05) is 24.3 Å². The minimum atomic E-state index is -4.08. The molecule has 1 aliphatic heterocycles. The minimum absolute atomic E-state index is 0.0419. The lowest BCUT2D eigenvalue weighted by Gasteiger charge is -2.19. The maximum atomic E-state index is 12.7. The van der Waals surface area contributed by atoms with Crippen LogP contribution >= 0.6 is 0 Å². The van der Waals surface area contributed by atoms with Crippen LogP contribution in [0.2, 0.25) is 0 Å². The summed E-state index contributed by atoms with van der Waals surface area (Å²) < 4.78 is 31.7. The van der Waals surface area contributed by atoms with Gasteiger partial charge in [0.05, 0.1) is 18.1 Å². The van der Waals surface area contributed by atoms with E-state index in [0.29, 0.717) is 6.54 Å². The lowest BCUT2D eigenvalue weighted by molar-refractivity contribution is -0.387. The van der Waals surface area contributed by atoms with E-state index in [1.54, 1.807) is 7.05 Å². The number of sulfonamides is 1. The Kier molecular flexibility index (Phi) is 8.31. The third kappa shape index (κ3) is 6.16.